The molecule has 0 unspecified atom stereocenters. The van der Waals surface area contributed by atoms with Crippen molar-refractivity contribution in [2.75, 3.05) is 13.1 Å². The molecule has 1 saturated heterocycles. The lowest BCUT2D eigenvalue weighted by Gasteiger charge is -2.35. The molecule has 0 bridgehead atoms. The van der Waals surface area contributed by atoms with Crippen LogP contribution in [0.1, 0.15) is 30.3 Å². The summed E-state index contributed by atoms with van der Waals surface area (Å²) in [6.45, 7) is 2.63. The number of rotatable bonds is 2. The minimum absolute atomic E-state index is 0.0456. The third-order valence-electron chi connectivity index (χ3n) is 3.19. The number of likely N-dealkylation sites (tertiary alicyclic amines) is 1. The number of furan rings is 1. The van der Waals surface area contributed by atoms with E-state index in [0.29, 0.717) is 13.1 Å². The first-order valence-electron chi connectivity index (χ1n) is 5.84. The smallest absolute Gasteiger partial charge is 0.298 e. The van der Waals surface area contributed by atoms with Crippen molar-refractivity contribution in [1.29, 1.82) is 5.26 Å². The van der Waals surface area contributed by atoms with E-state index >= 15 is 0 Å². The van der Waals surface area contributed by atoms with Gasteiger partial charge in [-0.1, -0.05) is 0 Å². The van der Waals surface area contributed by atoms with E-state index < -0.39 is 17.1 Å². The number of nitriles is 1. The summed E-state index contributed by atoms with van der Waals surface area (Å²) in [5.74, 6) is -1.20. The summed E-state index contributed by atoms with van der Waals surface area (Å²) >= 11 is 0. The lowest BCUT2D eigenvalue weighted by Crippen LogP contribution is -2.46. The van der Waals surface area contributed by atoms with Crippen LogP contribution >= 0.6 is 0 Å². The molecule has 0 spiro atoms. The Kier molecular flexibility index (Phi) is 3.19. The van der Waals surface area contributed by atoms with Gasteiger partial charge in [0.25, 0.3) is 11.7 Å². The number of carbonyl (C=O) groups excluding carboxylic acids is 2. The van der Waals surface area contributed by atoms with Crippen molar-refractivity contribution in [3.05, 3.63) is 24.2 Å². The zero-order valence-corrected chi connectivity index (χ0v) is 10.2. The minimum Gasteiger partial charge on any atom is -0.461 e. The Bertz CT molecular complexity index is 501. The van der Waals surface area contributed by atoms with Gasteiger partial charge in [-0.15, -0.1) is 0 Å². The molecule has 94 valence electrons. The second-order valence-corrected chi connectivity index (χ2v) is 4.81. The van der Waals surface area contributed by atoms with Crippen LogP contribution in [0.15, 0.2) is 22.8 Å². The second-order valence-electron chi connectivity index (χ2n) is 4.81. The van der Waals surface area contributed by atoms with E-state index in [2.05, 4.69) is 6.07 Å². The molecule has 0 saturated carbocycles. The summed E-state index contributed by atoms with van der Waals surface area (Å²) in [5, 5.41) is 9.08. The molecule has 1 atom stereocenters. The van der Waals surface area contributed by atoms with E-state index in [1.807, 2.05) is 6.92 Å². The normalized spacial score (nSPS) is 23.4. The summed E-state index contributed by atoms with van der Waals surface area (Å²) in [5.41, 5.74) is -0.558. The van der Waals surface area contributed by atoms with Gasteiger partial charge in [0.1, 0.15) is 0 Å². The zero-order chi connectivity index (χ0) is 13.2. The van der Waals surface area contributed by atoms with Gasteiger partial charge in [-0.05, 0) is 31.9 Å². The van der Waals surface area contributed by atoms with E-state index in [0.717, 1.165) is 12.8 Å². The summed E-state index contributed by atoms with van der Waals surface area (Å²) in [6.07, 6.45) is 2.85. The predicted molar refractivity (Wildman–Crippen MR) is 62.6 cm³/mol. The Morgan fingerprint density at radius 3 is 2.94 bits per heavy atom. The van der Waals surface area contributed by atoms with Crippen LogP contribution in [0.25, 0.3) is 0 Å². The first kappa shape index (κ1) is 12.4. The van der Waals surface area contributed by atoms with Crippen LogP contribution in [-0.2, 0) is 4.79 Å². The van der Waals surface area contributed by atoms with Gasteiger partial charge in [0.05, 0.1) is 17.7 Å². The standard InChI is InChI=1S/C13H14N2O3/c1-13(8-14)5-3-6-15(9-13)12(17)11(16)10-4-2-7-18-10/h2,4,7H,3,5-6,9H2,1H3/t13-/m1/s1. The maximum atomic E-state index is 12.0. The topological polar surface area (TPSA) is 74.3 Å². The molecule has 0 aromatic carbocycles. The fourth-order valence-corrected chi connectivity index (χ4v) is 2.16. The third-order valence-corrected chi connectivity index (χ3v) is 3.19. The van der Waals surface area contributed by atoms with E-state index in [1.165, 1.54) is 17.2 Å². The molecule has 0 N–H and O–H groups in total. The maximum absolute atomic E-state index is 12.0. The van der Waals surface area contributed by atoms with E-state index in [9.17, 15) is 9.59 Å². The number of hydrogen-bond donors (Lipinski definition) is 0. The summed E-state index contributed by atoms with van der Waals surface area (Å²) in [4.78, 5) is 25.3. The molecule has 1 amide bonds. The van der Waals surface area contributed by atoms with Crippen LogP contribution in [0.2, 0.25) is 0 Å². The molecule has 1 aromatic rings. The number of Topliss-reactive ketones (excluding diaryl/α,β-unsaturated/α-hetero) is 1. The van der Waals surface area contributed by atoms with Crippen molar-refractivity contribution in [1.82, 2.24) is 4.90 Å². The molecule has 5 nitrogen and oxygen atoms in total. The molecular formula is C13H14N2O3. The first-order chi connectivity index (χ1) is 8.56. The van der Waals surface area contributed by atoms with Crippen molar-refractivity contribution in [2.45, 2.75) is 19.8 Å². The number of hydrogen-bond acceptors (Lipinski definition) is 4. The molecule has 1 aliphatic heterocycles. The Balaban J connectivity index is 2.10. The minimum atomic E-state index is -0.651. The van der Waals surface area contributed by atoms with Crippen molar-refractivity contribution in [3.63, 3.8) is 0 Å². The van der Waals surface area contributed by atoms with Crippen LogP contribution in [0, 0.1) is 16.7 Å². The van der Waals surface area contributed by atoms with E-state index in [1.54, 1.807) is 6.07 Å². The monoisotopic (exact) mass is 246 g/mol. The maximum Gasteiger partial charge on any atom is 0.298 e. The zero-order valence-electron chi connectivity index (χ0n) is 10.2. The second kappa shape index (κ2) is 4.65. The van der Waals surface area contributed by atoms with Gasteiger partial charge < -0.3 is 9.32 Å². The molecular weight excluding hydrogens is 232 g/mol. The van der Waals surface area contributed by atoms with Crippen molar-refractivity contribution >= 4 is 11.7 Å². The average Bonchev–Trinajstić information content (AvgIpc) is 2.91. The molecule has 0 radical (unpaired) electrons. The fraction of sp³-hybridized carbons (Fsp3) is 0.462. The molecule has 2 heterocycles. The first-order valence-corrected chi connectivity index (χ1v) is 5.84. The quantitative estimate of drug-likeness (QED) is 0.587. The summed E-state index contributed by atoms with van der Waals surface area (Å²) in [7, 11) is 0. The average molecular weight is 246 g/mol. The van der Waals surface area contributed by atoms with Gasteiger partial charge in [0.15, 0.2) is 5.76 Å². The lowest BCUT2D eigenvalue weighted by atomic mass is 9.83. The number of nitrogens with zero attached hydrogens (tertiary/aromatic N) is 2. The van der Waals surface area contributed by atoms with Gasteiger partial charge in [-0.25, -0.2) is 0 Å². The number of carbonyl (C=O) groups is 2. The Labute approximate surface area is 105 Å². The van der Waals surface area contributed by atoms with Crippen LogP contribution in [0.4, 0.5) is 0 Å². The highest BCUT2D eigenvalue weighted by Gasteiger charge is 2.35. The van der Waals surface area contributed by atoms with Crippen LogP contribution in [-0.4, -0.2) is 29.7 Å². The molecule has 5 heteroatoms. The molecule has 1 fully saturated rings. The van der Waals surface area contributed by atoms with Gasteiger partial charge in [0.2, 0.25) is 0 Å². The highest BCUT2D eigenvalue weighted by atomic mass is 16.3. The molecule has 1 aliphatic rings. The van der Waals surface area contributed by atoms with E-state index in [4.69, 9.17) is 9.68 Å². The summed E-state index contributed by atoms with van der Waals surface area (Å²) in [6, 6.07) is 5.24. The fourth-order valence-electron chi connectivity index (χ4n) is 2.16. The Hall–Kier alpha value is -2.09. The van der Waals surface area contributed by atoms with Crippen molar-refractivity contribution in [2.24, 2.45) is 5.41 Å². The number of amides is 1. The van der Waals surface area contributed by atoms with Crippen LogP contribution in [0.5, 0.6) is 0 Å². The van der Waals surface area contributed by atoms with Gasteiger partial charge in [0, 0.05) is 13.1 Å². The van der Waals surface area contributed by atoms with Crippen molar-refractivity contribution in [3.8, 4) is 6.07 Å². The number of ketones is 1. The van der Waals surface area contributed by atoms with Crippen LogP contribution < -0.4 is 0 Å². The molecule has 1 aromatic heterocycles. The van der Waals surface area contributed by atoms with Gasteiger partial charge in [-0.2, -0.15) is 5.26 Å². The molecule has 2 rings (SSSR count). The third kappa shape index (κ3) is 2.28. The Morgan fingerprint density at radius 1 is 1.56 bits per heavy atom. The van der Waals surface area contributed by atoms with Crippen molar-refractivity contribution < 1.29 is 14.0 Å². The van der Waals surface area contributed by atoms with Crippen LogP contribution in [0.3, 0.4) is 0 Å². The largest absolute Gasteiger partial charge is 0.461 e. The van der Waals surface area contributed by atoms with Gasteiger partial charge in [-0.3, -0.25) is 9.59 Å². The highest BCUT2D eigenvalue weighted by Crippen LogP contribution is 2.28. The highest BCUT2D eigenvalue weighted by molar-refractivity contribution is 6.41. The van der Waals surface area contributed by atoms with E-state index in [-0.39, 0.29) is 5.76 Å². The molecule has 18 heavy (non-hydrogen) atoms. The Morgan fingerprint density at radius 2 is 2.33 bits per heavy atom. The SMILES string of the molecule is C[C@]1(C#N)CCCN(C(=O)C(=O)c2ccco2)C1. The summed E-state index contributed by atoms with van der Waals surface area (Å²) < 4.78 is 4.92. The molecule has 0 aliphatic carbocycles. The van der Waals surface area contributed by atoms with Gasteiger partial charge >= 0.3 is 0 Å². The number of piperidine rings is 1. The lowest BCUT2D eigenvalue weighted by molar-refractivity contribution is -0.128. The predicted octanol–water partition coefficient (Wildman–Crippen LogP) is 1.61.